The number of amides is 17. The summed E-state index contributed by atoms with van der Waals surface area (Å²) >= 11 is 9.83. The second-order valence-corrected chi connectivity index (χ2v) is 37.7. The van der Waals surface area contributed by atoms with E-state index in [1.165, 1.54) is 18.7 Å². The summed E-state index contributed by atoms with van der Waals surface area (Å²) in [6.45, 7) is 14.5. The van der Waals surface area contributed by atoms with Gasteiger partial charge in [0.2, 0.25) is 100 Å². The molecule has 17 amide bonds. The largest absolute Gasteiger partial charge is 0.481 e. The highest BCUT2D eigenvalue weighted by Gasteiger charge is 2.41. The van der Waals surface area contributed by atoms with Crippen LogP contribution in [0.4, 0.5) is 0 Å². The number of carboxylic acid groups (broad SMARTS) is 3. The van der Waals surface area contributed by atoms with Gasteiger partial charge in [0.15, 0.2) is 0 Å². The number of unbranched alkanes of at least 4 members (excludes halogenated alkanes) is 1. The Morgan fingerprint density at radius 2 is 0.674 bits per heavy atom. The molecule has 0 spiro atoms. The van der Waals surface area contributed by atoms with Crippen molar-refractivity contribution >= 4 is 188 Å². The molecule has 0 aliphatic rings. The monoisotopic (exact) mass is 2020 g/mol. The van der Waals surface area contributed by atoms with Crippen LogP contribution in [0.2, 0.25) is 0 Å². The van der Waals surface area contributed by atoms with Gasteiger partial charge in [0, 0.05) is 94.9 Å². The Bertz CT molecular complexity index is 5400. The first kappa shape index (κ1) is 116. The minimum absolute atomic E-state index is 0.0465. The summed E-state index contributed by atoms with van der Waals surface area (Å²) in [6, 6.07) is -4.19. The number of rotatable bonds is 62. The smallest absolute Gasteiger partial charge is 0.326 e. The van der Waals surface area contributed by atoms with Crippen LogP contribution < -0.4 is 103 Å². The van der Waals surface area contributed by atoms with Crippen LogP contribution >= 0.6 is 37.0 Å². The number of thiol groups is 2. The molecule has 0 fully saturated rings. The molecule has 772 valence electrons. The SMILES string of the molecule is CSCC[C@H](NC(=O)[C@H](CCCCN)NC(=O)[C@H](CC(C)C)NC(=O)[C@H](Cc1c[nH]c2ccccc12)NC(=O)[C@H](CCC(=O)O)NC(=O)[C@H](CS)NC(=O)[C@@H](NC(=O)[C@H](Cc1c[nH]c2ccccc12)NC(=O)[C@@H](N)CC(=O)O)C(C)C)C(=O)N[C@@H](CCC(N)=O)C(=O)N[C@@H](Cc1c[nH]c2ccccc12)C(=O)N[C@@H](C)C(=O)N[C@@H](CS)C(=O)N[C@@H](CC(N)=O)C(=O)N[C@H](C(=O)N[C@@H](CC(C)C)C(=O)O)C(C)C. The van der Waals surface area contributed by atoms with E-state index >= 15 is 14.4 Å². The summed E-state index contributed by atoms with van der Waals surface area (Å²) in [5, 5.41) is 69.4. The summed E-state index contributed by atoms with van der Waals surface area (Å²) in [7, 11) is 0. The van der Waals surface area contributed by atoms with Crippen molar-refractivity contribution in [3.63, 3.8) is 0 Å². The van der Waals surface area contributed by atoms with Gasteiger partial charge >= 0.3 is 17.9 Å². The Kier molecular flexibility index (Phi) is 47.4. The van der Waals surface area contributed by atoms with E-state index in [2.05, 4.69) is 120 Å². The van der Waals surface area contributed by atoms with E-state index in [0.717, 1.165) is 0 Å². The molecule has 6 rings (SSSR count). The summed E-state index contributed by atoms with van der Waals surface area (Å²) < 4.78 is 0. The fraction of sp³-hybridized carbons (Fsp3) is 0.527. The minimum Gasteiger partial charge on any atom is -0.481 e. The van der Waals surface area contributed by atoms with Crippen molar-refractivity contribution in [1.82, 2.24) is 94.7 Å². The molecule has 0 saturated carbocycles. The van der Waals surface area contributed by atoms with Gasteiger partial charge in [-0.05, 0) is 135 Å². The maximum atomic E-state index is 15.3. The Hall–Kier alpha value is -13.4. The number of primary amides is 2. The number of carboxylic acids is 3. The third-order valence-corrected chi connectivity index (χ3v) is 24.3. The zero-order valence-corrected chi connectivity index (χ0v) is 82.9. The van der Waals surface area contributed by atoms with E-state index in [0.29, 0.717) is 55.8 Å². The Morgan fingerprint density at radius 3 is 1.06 bits per heavy atom. The molecule has 16 atom stereocenters. The van der Waals surface area contributed by atoms with Gasteiger partial charge in [-0.1, -0.05) is 110 Å². The lowest BCUT2D eigenvalue weighted by Gasteiger charge is -2.29. The average Bonchev–Trinajstić information content (AvgIpc) is 1.69. The van der Waals surface area contributed by atoms with Gasteiger partial charge in [-0.25, -0.2) is 4.79 Å². The first-order valence-corrected chi connectivity index (χ1v) is 48.9. The van der Waals surface area contributed by atoms with Gasteiger partial charge in [-0.3, -0.25) is 91.1 Å². The number of benzene rings is 3. The van der Waals surface area contributed by atoms with Gasteiger partial charge in [0.1, 0.15) is 90.6 Å². The van der Waals surface area contributed by atoms with E-state index < -0.39 is 283 Å². The average molecular weight is 2020 g/mol. The van der Waals surface area contributed by atoms with Crippen molar-refractivity contribution in [3.8, 4) is 0 Å². The lowest BCUT2D eigenvalue weighted by molar-refractivity contribution is -0.143. The second kappa shape index (κ2) is 57.4. The number of para-hydroxylation sites is 3. The lowest BCUT2D eigenvalue weighted by atomic mass is 9.99. The normalized spacial score (nSPS) is 14.8. The molecule has 3 aromatic carbocycles. The molecule has 0 aliphatic heterocycles. The second-order valence-electron chi connectivity index (χ2n) is 36.0. The van der Waals surface area contributed by atoms with Crippen molar-refractivity contribution in [3.05, 3.63) is 108 Å². The number of thioether (sulfide) groups is 1. The predicted molar refractivity (Wildman–Crippen MR) is 530 cm³/mol. The number of carbonyl (C=O) groups excluding carboxylic acids is 17. The van der Waals surface area contributed by atoms with Crippen LogP contribution in [0, 0.1) is 23.7 Å². The van der Waals surface area contributed by atoms with Crippen LogP contribution in [-0.4, -0.2) is 275 Å². The third-order valence-electron chi connectivity index (χ3n) is 22.9. The molecule has 0 radical (unpaired) electrons. The van der Waals surface area contributed by atoms with Crippen LogP contribution in [-0.2, 0) is 115 Å². The number of nitrogens with two attached hydrogens (primary N) is 4. The van der Waals surface area contributed by atoms with Crippen LogP contribution in [0.15, 0.2) is 91.4 Å². The Balaban J connectivity index is 1.23. The van der Waals surface area contributed by atoms with Gasteiger partial charge in [-0.2, -0.15) is 37.0 Å². The Morgan fingerprint density at radius 1 is 0.348 bits per heavy atom. The van der Waals surface area contributed by atoms with Gasteiger partial charge < -0.3 is 133 Å². The van der Waals surface area contributed by atoms with Gasteiger partial charge in [-0.15, -0.1) is 0 Å². The molecule has 6 aromatic rings. The van der Waals surface area contributed by atoms with Crippen molar-refractivity contribution in [2.45, 2.75) is 255 Å². The van der Waals surface area contributed by atoms with E-state index in [-0.39, 0.29) is 69.6 Å². The molecule has 0 saturated heterocycles. The molecule has 45 nitrogen and oxygen atoms in total. The number of H-pyrrole nitrogens is 3. The van der Waals surface area contributed by atoms with Crippen molar-refractivity contribution in [2.24, 2.45) is 46.6 Å². The molecule has 141 heavy (non-hydrogen) atoms. The summed E-state index contributed by atoms with van der Waals surface area (Å²) in [6.07, 6.45) is 1.84. The molecule has 0 aliphatic carbocycles. The quantitative estimate of drug-likeness (QED) is 0.0152. The van der Waals surface area contributed by atoms with Crippen molar-refractivity contribution in [1.29, 1.82) is 0 Å². The first-order chi connectivity index (χ1) is 66.7. The number of aromatic amines is 3. The summed E-state index contributed by atoms with van der Waals surface area (Å²) in [5.41, 5.74) is 26.3. The molecule has 48 heteroatoms. The lowest BCUT2D eigenvalue weighted by Crippen LogP contribution is -2.62. The number of nitrogens with one attached hydrogen (secondary N) is 18. The van der Waals surface area contributed by atoms with Crippen molar-refractivity contribution in [2.75, 3.05) is 30.1 Å². The number of fused-ring (bicyclic) bond motifs is 3. The topological polar surface area (TPSA) is 734 Å². The van der Waals surface area contributed by atoms with Crippen LogP contribution in [0.5, 0.6) is 0 Å². The molecule has 29 N–H and O–H groups in total. The van der Waals surface area contributed by atoms with E-state index in [9.17, 15) is 96.8 Å². The highest BCUT2D eigenvalue weighted by molar-refractivity contribution is 7.98. The summed E-state index contributed by atoms with van der Waals surface area (Å²) in [5.74, 6) is -23.9. The zero-order chi connectivity index (χ0) is 105. The fourth-order valence-corrected chi connectivity index (χ4v) is 16.2. The maximum absolute atomic E-state index is 15.3. The number of aromatic nitrogens is 3. The number of hydrogen-bond donors (Lipinski definition) is 27. The summed E-state index contributed by atoms with van der Waals surface area (Å²) in [4.78, 5) is 287. The van der Waals surface area contributed by atoms with Crippen LogP contribution in [0.25, 0.3) is 32.7 Å². The molecule has 3 heterocycles. The zero-order valence-electron chi connectivity index (χ0n) is 80.3. The standard InChI is InChI=1S/C93H134N22O23S3/c1-45(2)33-64(107-86(130)66(36-51-41-99-58-23-15-12-20-54(51)58)109-82(126)62(27-29-74(118)119)104-89(133)71(44-140)113-92(136)77(48(7)8)114-87(131)67(106-79(123)56(95)38-75(120)121)37-52-42-100-59-24-16-13-21-55(52)59)85(129)102-60(25-17-18-31-94)80(124)105-63(30-32-141-10)83(127)103-61(26-28-72(96)116)81(125)108-65(35-50-40-98-57-22-14-11-19-53(50)57)84(128)101-49(9)78(122)112-70(43-139)90(134)110-68(39-73(97)117)88(132)115-76(47(5)6)91(135)111-69(93(137)138)34-46(3)4/h11-16,19-24,40-42,45-49,56,60-71,76-77,98-100,139-140H,17-18,25-39,43-44,94-95H2,1-10H3,(H2,96,116)(H2,97,117)(H,101,128)(H,102,129)(H,103,127)(H,104,133)(H,105,124)(H,106,123)(H,107,130)(H,108,125)(H,109,126)(H,110,134)(H,111,135)(H,112,122)(H,113,136)(H,114,131)(H,115,132)(H,118,119)(H,120,121)(H,137,138)/t49-,56-,60-,61-,62-,63-,64-,65-,66-,67-,68-,69-,70-,71-,76-,77-/m0/s1. The molecule has 3 aromatic heterocycles. The first-order valence-electron chi connectivity index (χ1n) is 46.3. The highest BCUT2D eigenvalue weighted by atomic mass is 32.2. The third kappa shape index (κ3) is 37.3. The van der Waals surface area contributed by atoms with E-state index in [1.54, 1.807) is 153 Å². The molecule has 0 bridgehead atoms. The van der Waals surface area contributed by atoms with Crippen LogP contribution in [0.1, 0.15) is 156 Å². The Labute approximate surface area is 829 Å². The highest BCUT2D eigenvalue weighted by Crippen LogP contribution is 2.25. The number of carbonyl (C=O) groups is 20. The van der Waals surface area contributed by atoms with Gasteiger partial charge in [0.05, 0.1) is 18.9 Å². The van der Waals surface area contributed by atoms with Gasteiger partial charge in [0.25, 0.3) is 0 Å². The maximum Gasteiger partial charge on any atom is 0.326 e. The van der Waals surface area contributed by atoms with E-state index in [1.807, 2.05) is 0 Å². The minimum atomic E-state index is -1.78. The molecule has 0 unspecified atom stereocenters. The molecular formula is C93H134N22O23S3. The van der Waals surface area contributed by atoms with Crippen molar-refractivity contribution < 1.29 is 111 Å². The number of hydrogen-bond acceptors (Lipinski definition) is 25. The van der Waals surface area contributed by atoms with E-state index in [4.69, 9.17) is 22.9 Å². The molecular weight excluding hydrogens is 1890 g/mol. The number of aliphatic carboxylic acids is 3. The predicted octanol–water partition coefficient (Wildman–Crippen LogP) is -1.51. The van der Waals surface area contributed by atoms with Crippen LogP contribution in [0.3, 0.4) is 0 Å². The fourth-order valence-electron chi connectivity index (χ4n) is 15.3.